The number of anilines is 2. The van der Waals surface area contributed by atoms with Crippen molar-refractivity contribution in [1.82, 2.24) is 14.8 Å². The summed E-state index contributed by atoms with van der Waals surface area (Å²) < 4.78 is 1.57. The summed E-state index contributed by atoms with van der Waals surface area (Å²) >= 11 is 1.25. The number of hydrogen-bond acceptors (Lipinski definition) is 5. The molecule has 0 saturated carbocycles. The van der Waals surface area contributed by atoms with E-state index in [1.54, 1.807) is 4.57 Å². The zero-order valence-electron chi connectivity index (χ0n) is 18.2. The Morgan fingerprint density at radius 3 is 2.52 bits per heavy atom. The highest BCUT2D eigenvalue weighted by molar-refractivity contribution is 7.99. The van der Waals surface area contributed by atoms with Gasteiger partial charge in [0.15, 0.2) is 5.16 Å². The molecule has 0 aliphatic carbocycles. The highest BCUT2D eigenvalue weighted by atomic mass is 32.2. The fourth-order valence-electron chi connectivity index (χ4n) is 3.41. The van der Waals surface area contributed by atoms with Crippen LogP contribution >= 0.6 is 11.8 Å². The Kier molecular flexibility index (Phi) is 7.94. The molecular weight excluding hydrogens is 410 g/mol. The maximum Gasteiger partial charge on any atom is 0.343 e. The second-order valence-corrected chi connectivity index (χ2v) is 8.40. The van der Waals surface area contributed by atoms with E-state index in [4.69, 9.17) is 0 Å². The van der Waals surface area contributed by atoms with Crippen molar-refractivity contribution >= 4 is 29.0 Å². The van der Waals surface area contributed by atoms with Crippen molar-refractivity contribution < 1.29 is 4.79 Å². The lowest BCUT2D eigenvalue weighted by Crippen LogP contribution is -2.30. The van der Waals surface area contributed by atoms with Gasteiger partial charge in [0.2, 0.25) is 5.91 Å². The predicted octanol–water partition coefficient (Wildman–Crippen LogP) is 3.78. The molecule has 1 aromatic heterocycles. The fraction of sp³-hybridized carbons (Fsp3) is 0.348. The molecule has 164 valence electrons. The van der Waals surface area contributed by atoms with E-state index < -0.39 is 0 Å². The quantitative estimate of drug-likeness (QED) is 0.470. The molecule has 7 nitrogen and oxygen atoms in total. The van der Waals surface area contributed by atoms with E-state index in [0.717, 1.165) is 29.9 Å². The topological polar surface area (TPSA) is 83.0 Å². The molecule has 0 fully saturated rings. The van der Waals surface area contributed by atoms with Gasteiger partial charge in [0.1, 0.15) is 0 Å². The summed E-state index contributed by atoms with van der Waals surface area (Å²) in [7, 11) is 0. The van der Waals surface area contributed by atoms with E-state index >= 15 is 0 Å². The largest absolute Gasteiger partial charge is 0.369 e. The molecule has 3 aromatic rings. The minimum Gasteiger partial charge on any atom is -0.369 e. The maximum atomic E-state index is 12.4. The zero-order valence-corrected chi connectivity index (χ0v) is 19.0. The Bertz CT molecular complexity index is 1030. The van der Waals surface area contributed by atoms with E-state index in [1.165, 1.54) is 11.8 Å². The van der Waals surface area contributed by atoms with Crippen molar-refractivity contribution in [3.05, 3.63) is 70.6 Å². The van der Waals surface area contributed by atoms with Gasteiger partial charge in [0, 0.05) is 30.5 Å². The lowest BCUT2D eigenvalue weighted by molar-refractivity contribution is -0.113. The Morgan fingerprint density at radius 1 is 1.16 bits per heavy atom. The van der Waals surface area contributed by atoms with Crippen molar-refractivity contribution in [3.8, 4) is 0 Å². The van der Waals surface area contributed by atoms with Crippen LogP contribution < -0.4 is 15.9 Å². The first-order valence-electron chi connectivity index (χ1n) is 10.5. The number of benzene rings is 2. The normalized spacial score (nSPS) is 11.0. The summed E-state index contributed by atoms with van der Waals surface area (Å²) in [5, 5.41) is 9.97. The van der Waals surface area contributed by atoms with Gasteiger partial charge in [-0.2, -0.15) is 0 Å². The number of rotatable bonds is 10. The highest BCUT2D eigenvalue weighted by Gasteiger charge is 2.12. The van der Waals surface area contributed by atoms with Crippen LogP contribution in [0.5, 0.6) is 0 Å². The minimum absolute atomic E-state index is 0.140. The molecule has 0 unspecified atom stereocenters. The average Bonchev–Trinajstić information content (AvgIpc) is 3.12. The summed E-state index contributed by atoms with van der Waals surface area (Å²) in [5.41, 5.74) is 2.76. The summed E-state index contributed by atoms with van der Waals surface area (Å²) in [4.78, 5) is 26.8. The van der Waals surface area contributed by atoms with Crippen LogP contribution in [0.15, 0.2) is 64.5 Å². The van der Waals surface area contributed by atoms with Crippen LogP contribution in [0.4, 0.5) is 11.4 Å². The van der Waals surface area contributed by atoms with Crippen LogP contribution in [0.2, 0.25) is 0 Å². The van der Waals surface area contributed by atoms with Crippen LogP contribution in [-0.2, 0) is 17.8 Å². The summed E-state index contributed by atoms with van der Waals surface area (Å²) in [5.74, 6) is 0.0313. The van der Waals surface area contributed by atoms with Gasteiger partial charge in [0.25, 0.3) is 0 Å². The smallest absolute Gasteiger partial charge is 0.343 e. The third-order valence-electron chi connectivity index (χ3n) is 4.97. The molecule has 0 aliphatic heterocycles. The van der Waals surface area contributed by atoms with Crippen molar-refractivity contribution in [2.75, 3.05) is 22.5 Å². The van der Waals surface area contributed by atoms with Crippen LogP contribution in [0.3, 0.4) is 0 Å². The van der Waals surface area contributed by atoms with Gasteiger partial charge in [-0.1, -0.05) is 42.1 Å². The number of nitrogens with one attached hydrogen (secondary N) is 2. The van der Waals surface area contributed by atoms with Crippen molar-refractivity contribution in [1.29, 1.82) is 0 Å². The Hall–Kier alpha value is -3.00. The molecule has 0 bridgehead atoms. The summed E-state index contributed by atoms with van der Waals surface area (Å²) in [6, 6.07) is 18.2. The van der Waals surface area contributed by atoms with Gasteiger partial charge in [-0.15, -0.1) is 5.10 Å². The third-order valence-corrected chi connectivity index (χ3v) is 5.95. The van der Waals surface area contributed by atoms with Gasteiger partial charge < -0.3 is 10.2 Å². The Labute approximate surface area is 186 Å². The molecule has 2 aromatic carbocycles. The highest BCUT2D eigenvalue weighted by Crippen LogP contribution is 2.20. The molecule has 0 radical (unpaired) electrons. The third kappa shape index (κ3) is 6.24. The minimum atomic E-state index is -0.264. The number of aromatic nitrogens is 3. The van der Waals surface area contributed by atoms with Crippen LogP contribution in [-0.4, -0.2) is 39.0 Å². The number of thioether (sulfide) groups is 1. The second kappa shape index (κ2) is 10.9. The van der Waals surface area contributed by atoms with Crippen molar-refractivity contribution in [3.63, 3.8) is 0 Å². The summed E-state index contributed by atoms with van der Waals surface area (Å²) in [6.07, 6.45) is 0.720. The molecule has 8 heteroatoms. The van der Waals surface area contributed by atoms with E-state index in [9.17, 15) is 9.59 Å². The number of amides is 1. The van der Waals surface area contributed by atoms with E-state index in [-0.39, 0.29) is 17.3 Å². The van der Waals surface area contributed by atoms with Crippen LogP contribution in [0.25, 0.3) is 0 Å². The standard InChI is InChI=1S/C23H29N5O2S/c1-4-27(17(2)3)20-12-10-19(11-13-20)24-21(29)16-31-23-26-25-22(30)28(23)15-14-18-8-6-5-7-9-18/h5-13,17H,4,14-16H2,1-3H3,(H,24,29)(H,25,30). The van der Waals surface area contributed by atoms with Crippen molar-refractivity contribution in [2.45, 2.75) is 44.9 Å². The first-order chi connectivity index (χ1) is 15.0. The molecule has 0 spiro atoms. The molecule has 1 heterocycles. The molecular formula is C23H29N5O2S. The lowest BCUT2D eigenvalue weighted by Gasteiger charge is -2.27. The molecule has 31 heavy (non-hydrogen) atoms. The van der Waals surface area contributed by atoms with Crippen LogP contribution in [0, 0.1) is 0 Å². The maximum absolute atomic E-state index is 12.4. The van der Waals surface area contributed by atoms with Crippen LogP contribution in [0.1, 0.15) is 26.3 Å². The van der Waals surface area contributed by atoms with Crippen molar-refractivity contribution in [2.24, 2.45) is 0 Å². The van der Waals surface area contributed by atoms with Gasteiger partial charge in [-0.05, 0) is 57.0 Å². The predicted molar refractivity (Wildman–Crippen MR) is 127 cm³/mol. The monoisotopic (exact) mass is 439 g/mol. The zero-order chi connectivity index (χ0) is 22.2. The number of carbonyl (C=O) groups is 1. The lowest BCUT2D eigenvalue weighted by atomic mass is 10.1. The van der Waals surface area contributed by atoms with Gasteiger partial charge in [0.05, 0.1) is 5.75 Å². The molecule has 2 N–H and O–H groups in total. The van der Waals surface area contributed by atoms with E-state index in [0.29, 0.717) is 17.7 Å². The fourth-order valence-corrected chi connectivity index (χ4v) is 4.18. The number of aryl methyl sites for hydroxylation is 1. The molecule has 3 rings (SSSR count). The van der Waals surface area contributed by atoms with Gasteiger partial charge in [-0.3, -0.25) is 9.36 Å². The molecule has 0 atom stereocenters. The molecule has 0 aliphatic rings. The SMILES string of the molecule is CCN(c1ccc(NC(=O)CSc2n[nH]c(=O)n2CCc2ccccc2)cc1)C(C)C. The number of hydrogen-bond donors (Lipinski definition) is 2. The summed E-state index contributed by atoms with van der Waals surface area (Å²) in [6.45, 7) is 7.88. The van der Waals surface area contributed by atoms with Gasteiger partial charge in [-0.25, -0.2) is 9.89 Å². The molecule has 0 saturated heterocycles. The van der Waals surface area contributed by atoms with Gasteiger partial charge >= 0.3 is 5.69 Å². The van der Waals surface area contributed by atoms with E-state index in [1.807, 2.05) is 54.6 Å². The second-order valence-electron chi connectivity index (χ2n) is 7.46. The number of carbonyl (C=O) groups excluding carboxylic acids is 1. The number of aromatic amines is 1. The Morgan fingerprint density at radius 2 is 1.87 bits per heavy atom. The number of H-pyrrole nitrogens is 1. The first kappa shape index (κ1) is 22.7. The van der Waals surface area contributed by atoms with E-state index in [2.05, 4.69) is 41.2 Å². The first-order valence-corrected chi connectivity index (χ1v) is 11.4. The molecule has 1 amide bonds. The average molecular weight is 440 g/mol. The Balaban J connectivity index is 1.55. The number of nitrogens with zero attached hydrogens (tertiary/aromatic N) is 3.